The molecule has 0 bridgehead atoms. The van der Waals surface area contributed by atoms with E-state index in [-0.39, 0.29) is 17.2 Å². The van der Waals surface area contributed by atoms with E-state index in [9.17, 15) is 23.3 Å². The number of ether oxygens (including phenoxy) is 1. The Hall–Kier alpha value is -1.80. The fraction of sp³-hybridized carbons (Fsp3) is 0.300. The van der Waals surface area contributed by atoms with Gasteiger partial charge in [-0.3, -0.25) is 14.9 Å². The lowest BCUT2D eigenvalue weighted by Crippen LogP contribution is -2.19. The van der Waals surface area contributed by atoms with Crippen molar-refractivity contribution in [2.24, 2.45) is 0 Å². The molecule has 0 fully saturated rings. The largest absolute Gasteiger partial charge is 0.377 e. The van der Waals surface area contributed by atoms with Crippen LogP contribution in [0.1, 0.15) is 0 Å². The summed E-state index contributed by atoms with van der Waals surface area (Å²) in [7, 11) is -2.49. The summed E-state index contributed by atoms with van der Waals surface area (Å²) in [5.41, 5.74) is -0.211. The van der Waals surface area contributed by atoms with Crippen LogP contribution in [0.4, 0.5) is 5.69 Å². The SMILES string of the molecule is COCC(=O)CS(=O)(=O)c1ccc([N+](=O)[O-])cc1. The van der Waals surface area contributed by atoms with Gasteiger partial charge in [-0.2, -0.15) is 0 Å². The summed E-state index contributed by atoms with van der Waals surface area (Å²) >= 11 is 0. The molecule has 0 heterocycles. The molecule has 0 aromatic heterocycles. The molecule has 0 radical (unpaired) electrons. The molecule has 1 rings (SSSR count). The third kappa shape index (κ3) is 3.60. The van der Waals surface area contributed by atoms with Crippen LogP contribution in [0.25, 0.3) is 0 Å². The Kier molecular flexibility index (Phi) is 4.51. The fourth-order valence-corrected chi connectivity index (χ4v) is 2.50. The summed E-state index contributed by atoms with van der Waals surface area (Å²) < 4.78 is 28.0. The van der Waals surface area contributed by atoms with Gasteiger partial charge in [-0.15, -0.1) is 0 Å². The second kappa shape index (κ2) is 5.69. The summed E-state index contributed by atoms with van der Waals surface area (Å²) in [4.78, 5) is 20.8. The van der Waals surface area contributed by atoms with Crippen LogP contribution in [0.5, 0.6) is 0 Å². The van der Waals surface area contributed by atoms with Gasteiger partial charge in [-0.1, -0.05) is 0 Å². The van der Waals surface area contributed by atoms with E-state index in [0.717, 1.165) is 24.3 Å². The molecule has 0 N–H and O–H groups in total. The lowest BCUT2D eigenvalue weighted by Gasteiger charge is -2.03. The van der Waals surface area contributed by atoms with Crippen molar-refractivity contribution in [2.75, 3.05) is 19.5 Å². The molecular weight excluding hydrogens is 262 g/mol. The number of hydrogen-bond acceptors (Lipinski definition) is 6. The van der Waals surface area contributed by atoms with Gasteiger partial charge in [0.2, 0.25) is 0 Å². The number of sulfone groups is 1. The highest BCUT2D eigenvalue weighted by Gasteiger charge is 2.20. The quantitative estimate of drug-likeness (QED) is 0.555. The van der Waals surface area contributed by atoms with E-state index in [1.165, 1.54) is 7.11 Å². The van der Waals surface area contributed by atoms with Gasteiger partial charge in [-0.25, -0.2) is 8.42 Å². The van der Waals surface area contributed by atoms with Crippen molar-refractivity contribution in [1.82, 2.24) is 0 Å². The van der Waals surface area contributed by atoms with Crippen LogP contribution in [-0.4, -0.2) is 38.6 Å². The second-order valence-electron chi connectivity index (χ2n) is 3.48. The predicted octanol–water partition coefficient (Wildman–Crippen LogP) is 0.584. The Balaban J connectivity index is 2.92. The highest BCUT2D eigenvalue weighted by Crippen LogP contribution is 2.16. The molecule has 0 aliphatic rings. The van der Waals surface area contributed by atoms with Crippen LogP contribution in [0.15, 0.2) is 29.2 Å². The van der Waals surface area contributed by atoms with Gasteiger partial charge in [0.15, 0.2) is 15.6 Å². The monoisotopic (exact) mass is 273 g/mol. The molecule has 0 saturated heterocycles. The first kappa shape index (κ1) is 14.3. The zero-order valence-electron chi connectivity index (χ0n) is 9.53. The smallest absolute Gasteiger partial charge is 0.269 e. The predicted molar refractivity (Wildman–Crippen MR) is 62.0 cm³/mol. The number of hydrogen-bond donors (Lipinski definition) is 0. The van der Waals surface area contributed by atoms with Crippen molar-refractivity contribution in [1.29, 1.82) is 0 Å². The number of Topliss-reactive ketones (excluding diaryl/α,β-unsaturated/α-hetero) is 1. The summed E-state index contributed by atoms with van der Waals surface area (Å²) in [5.74, 6) is -1.26. The van der Waals surface area contributed by atoms with Crippen molar-refractivity contribution >= 4 is 21.3 Å². The van der Waals surface area contributed by atoms with Crippen LogP contribution in [0.3, 0.4) is 0 Å². The average Bonchev–Trinajstić information content (AvgIpc) is 2.28. The minimum absolute atomic E-state index is 0.127. The lowest BCUT2D eigenvalue weighted by molar-refractivity contribution is -0.384. The molecule has 18 heavy (non-hydrogen) atoms. The number of non-ortho nitro benzene ring substituents is 1. The fourth-order valence-electron chi connectivity index (χ4n) is 1.27. The maximum atomic E-state index is 11.8. The number of carbonyl (C=O) groups excluding carboxylic acids is 1. The molecule has 0 aliphatic carbocycles. The van der Waals surface area contributed by atoms with Gasteiger partial charge in [0, 0.05) is 19.2 Å². The molecule has 0 spiro atoms. The number of nitrogens with zero attached hydrogens (tertiary/aromatic N) is 1. The minimum Gasteiger partial charge on any atom is -0.377 e. The highest BCUT2D eigenvalue weighted by atomic mass is 32.2. The molecule has 0 saturated carbocycles. The number of rotatable bonds is 6. The van der Waals surface area contributed by atoms with Gasteiger partial charge < -0.3 is 4.74 Å². The summed E-state index contributed by atoms with van der Waals surface area (Å²) in [6.07, 6.45) is 0. The number of benzene rings is 1. The minimum atomic E-state index is -3.78. The summed E-state index contributed by atoms with van der Waals surface area (Å²) in [6.45, 7) is -0.286. The van der Waals surface area contributed by atoms with Crippen molar-refractivity contribution in [3.63, 3.8) is 0 Å². The molecule has 0 unspecified atom stereocenters. The molecule has 98 valence electrons. The third-order valence-corrected chi connectivity index (χ3v) is 3.76. The number of nitro groups is 1. The molecule has 1 aromatic carbocycles. The highest BCUT2D eigenvalue weighted by molar-refractivity contribution is 7.92. The zero-order chi connectivity index (χ0) is 13.8. The van der Waals surface area contributed by atoms with Gasteiger partial charge in [0.25, 0.3) is 5.69 Å². The lowest BCUT2D eigenvalue weighted by atomic mass is 10.3. The van der Waals surface area contributed by atoms with E-state index < -0.39 is 26.3 Å². The zero-order valence-corrected chi connectivity index (χ0v) is 10.3. The van der Waals surface area contributed by atoms with Crippen LogP contribution >= 0.6 is 0 Å². The summed E-state index contributed by atoms with van der Waals surface area (Å²) in [5, 5.41) is 10.4. The van der Waals surface area contributed by atoms with E-state index in [2.05, 4.69) is 4.74 Å². The topological polar surface area (TPSA) is 104 Å². The first-order chi connectivity index (χ1) is 8.36. The Morgan fingerprint density at radius 3 is 2.33 bits per heavy atom. The van der Waals surface area contributed by atoms with Crippen molar-refractivity contribution in [2.45, 2.75) is 4.90 Å². The van der Waals surface area contributed by atoms with Crippen molar-refractivity contribution < 1.29 is 22.9 Å². The Morgan fingerprint density at radius 1 is 1.33 bits per heavy atom. The molecule has 0 aliphatic heterocycles. The number of nitro benzene ring substituents is 1. The number of carbonyl (C=O) groups is 1. The van der Waals surface area contributed by atoms with E-state index in [0.29, 0.717) is 0 Å². The molecule has 7 nitrogen and oxygen atoms in total. The molecule has 0 atom stereocenters. The normalized spacial score (nSPS) is 11.2. The number of methoxy groups -OCH3 is 1. The van der Waals surface area contributed by atoms with E-state index in [1.807, 2.05) is 0 Å². The standard InChI is InChI=1S/C10H11NO6S/c1-17-6-9(12)7-18(15,16)10-4-2-8(3-5-10)11(13)14/h2-5H,6-7H2,1H3. The second-order valence-corrected chi connectivity index (χ2v) is 5.47. The van der Waals surface area contributed by atoms with E-state index >= 15 is 0 Å². The first-order valence-electron chi connectivity index (χ1n) is 4.84. The van der Waals surface area contributed by atoms with Gasteiger partial charge in [-0.05, 0) is 12.1 Å². The number of ketones is 1. The van der Waals surface area contributed by atoms with E-state index in [1.54, 1.807) is 0 Å². The maximum Gasteiger partial charge on any atom is 0.269 e. The van der Waals surface area contributed by atoms with Gasteiger partial charge >= 0.3 is 0 Å². The average molecular weight is 273 g/mol. The van der Waals surface area contributed by atoms with Gasteiger partial charge in [0.05, 0.1) is 9.82 Å². The van der Waals surface area contributed by atoms with Crippen LogP contribution in [0, 0.1) is 10.1 Å². The molecule has 1 aromatic rings. The van der Waals surface area contributed by atoms with Gasteiger partial charge in [0.1, 0.15) is 12.4 Å². The Morgan fingerprint density at radius 2 is 1.89 bits per heavy atom. The van der Waals surface area contributed by atoms with Crippen molar-refractivity contribution in [3.8, 4) is 0 Å². The van der Waals surface area contributed by atoms with Crippen LogP contribution in [0.2, 0.25) is 0 Å². The molecule has 8 heteroatoms. The summed E-state index contributed by atoms with van der Waals surface area (Å²) in [6, 6.07) is 4.36. The Bertz CT molecular complexity index is 548. The van der Waals surface area contributed by atoms with Crippen molar-refractivity contribution in [3.05, 3.63) is 34.4 Å². The maximum absolute atomic E-state index is 11.8. The van der Waals surface area contributed by atoms with Crippen LogP contribution < -0.4 is 0 Å². The van der Waals surface area contributed by atoms with Crippen LogP contribution in [-0.2, 0) is 19.4 Å². The molecular formula is C10H11NO6S. The van der Waals surface area contributed by atoms with E-state index in [4.69, 9.17) is 0 Å². The molecule has 0 amide bonds. The first-order valence-corrected chi connectivity index (χ1v) is 6.50. The third-order valence-electron chi connectivity index (χ3n) is 2.06. The Labute approximate surface area is 103 Å².